The van der Waals surface area contributed by atoms with Crippen LogP contribution in [0.1, 0.15) is 24.2 Å². The van der Waals surface area contributed by atoms with Gasteiger partial charge in [-0.2, -0.15) is 0 Å². The molecule has 0 unspecified atom stereocenters. The van der Waals surface area contributed by atoms with E-state index in [4.69, 9.17) is 0 Å². The van der Waals surface area contributed by atoms with Crippen LogP contribution in [-0.4, -0.2) is 55.9 Å². The molecule has 0 N–H and O–H groups in total. The SMILES string of the molecule is CC(C)CN(CCN(C)C)CC(=O)c1ccc(F)cc1. The van der Waals surface area contributed by atoms with E-state index in [9.17, 15) is 9.18 Å². The number of carbonyl (C=O) groups excluding carboxylic acids is 1. The summed E-state index contributed by atoms with van der Waals surface area (Å²) in [7, 11) is 4.05. The highest BCUT2D eigenvalue weighted by Crippen LogP contribution is 2.06. The summed E-state index contributed by atoms with van der Waals surface area (Å²) in [5, 5.41) is 0. The van der Waals surface area contributed by atoms with Crippen molar-refractivity contribution in [2.75, 3.05) is 40.3 Å². The minimum atomic E-state index is -0.312. The molecule has 0 fully saturated rings. The van der Waals surface area contributed by atoms with Gasteiger partial charge in [-0.15, -0.1) is 0 Å². The van der Waals surface area contributed by atoms with Gasteiger partial charge in [0.1, 0.15) is 5.82 Å². The van der Waals surface area contributed by atoms with Gasteiger partial charge in [-0.1, -0.05) is 13.8 Å². The molecule has 0 aliphatic carbocycles. The zero-order chi connectivity index (χ0) is 15.1. The summed E-state index contributed by atoms with van der Waals surface area (Å²) < 4.78 is 12.9. The van der Waals surface area contributed by atoms with Gasteiger partial charge in [0.25, 0.3) is 0 Å². The molecule has 0 amide bonds. The summed E-state index contributed by atoms with van der Waals surface area (Å²) in [6.45, 7) is 7.34. The molecule has 0 aliphatic heterocycles. The lowest BCUT2D eigenvalue weighted by Crippen LogP contribution is -2.37. The van der Waals surface area contributed by atoms with Crippen molar-refractivity contribution >= 4 is 5.78 Å². The molecule has 4 heteroatoms. The Kier molecular flexibility index (Phi) is 6.82. The number of nitrogens with zero attached hydrogens (tertiary/aromatic N) is 2. The summed E-state index contributed by atoms with van der Waals surface area (Å²) >= 11 is 0. The number of rotatable bonds is 8. The van der Waals surface area contributed by atoms with Gasteiger partial charge in [-0.25, -0.2) is 4.39 Å². The third-order valence-electron chi connectivity index (χ3n) is 3.02. The first-order valence-electron chi connectivity index (χ1n) is 7.04. The minimum Gasteiger partial charge on any atom is -0.308 e. The maximum Gasteiger partial charge on any atom is 0.176 e. The van der Waals surface area contributed by atoms with Crippen LogP contribution in [0.4, 0.5) is 4.39 Å². The predicted octanol–water partition coefficient (Wildman–Crippen LogP) is 2.53. The predicted molar refractivity (Wildman–Crippen MR) is 80.6 cm³/mol. The van der Waals surface area contributed by atoms with Crippen LogP contribution < -0.4 is 0 Å². The van der Waals surface area contributed by atoms with Gasteiger partial charge in [-0.3, -0.25) is 9.69 Å². The molecule has 112 valence electrons. The number of benzene rings is 1. The van der Waals surface area contributed by atoms with Crippen LogP contribution in [0.25, 0.3) is 0 Å². The molecule has 0 saturated carbocycles. The molecule has 0 saturated heterocycles. The summed E-state index contributed by atoms with van der Waals surface area (Å²) in [6.07, 6.45) is 0. The van der Waals surface area contributed by atoms with E-state index in [0.717, 1.165) is 19.6 Å². The zero-order valence-corrected chi connectivity index (χ0v) is 12.9. The maximum absolute atomic E-state index is 12.9. The van der Waals surface area contributed by atoms with E-state index in [2.05, 4.69) is 23.6 Å². The molecule has 1 aromatic rings. The van der Waals surface area contributed by atoms with Crippen LogP contribution in [0.15, 0.2) is 24.3 Å². The van der Waals surface area contributed by atoms with Gasteiger partial charge < -0.3 is 4.90 Å². The Morgan fingerprint density at radius 3 is 2.25 bits per heavy atom. The van der Waals surface area contributed by atoms with Crippen molar-refractivity contribution in [3.05, 3.63) is 35.6 Å². The van der Waals surface area contributed by atoms with Crippen molar-refractivity contribution in [3.8, 4) is 0 Å². The maximum atomic E-state index is 12.9. The van der Waals surface area contributed by atoms with E-state index in [1.54, 1.807) is 12.1 Å². The van der Waals surface area contributed by atoms with Crippen molar-refractivity contribution in [2.24, 2.45) is 5.92 Å². The number of ketones is 1. The highest BCUT2D eigenvalue weighted by molar-refractivity contribution is 5.97. The second-order valence-electron chi connectivity index (χ2n) is 5.86. The Balaban J connectivity index is 2.62. The fourth-order valence-corrected chi connectivity index (χ4v) is 2.02. The lowest BCUT2D eigenvalue weighted by molar-refractivity contribution is 0.0916. The Labute approximate surface area is 121 Å². The fraction of sp³-hybridized carbons (Fsp3) is 0.562. The molecule has 0 aliphatic rings. The van der Waals surface area contributed by atoms with Crippen molar-refractivity contribution in [1.82, 2.24) is 9.80 Å². The quantitative estimate of drug-likeness (QED) is 0.684. The molecule has 0 aromatic heterocycles. The second kappa shape index (κ2) is 8.12. The Hall–Kier alpha value is -1.26. The molecule has 20 heavy (non-hydrogen) atoms. The van der Waals surface area contributed by atoms with Gasteiger partial charge in [0.05, 0.1) is 6.54 Å². The molecule has 1 rings (SSSR count). The minimum absolute atomic E-state index is 0.0457. The average molecular weight is 280 g/mol. The fourth-order valence-electron chi connectivity index (χ4n) is 2.02. The molecule has 0 radical (unpaired) electrons. The van der Waals surface area contributed by atoms with Crippen LogP contribution in [-0.2, 0) is 0 Å². The summed E-state index contributed by atoms with van der Waals surface area (Å²) in [4.78, 5) is 16.5. The smallest absolute Gasteiger partial charge is 0.176 e. The standard InChI is InChI=1S/C16H25FN2O/c1-13(2)11-19(10-9-18(3)4)12-16(20)14-5-7-15(17)8-6-14/h5-8,13H,9-12H2,1-4H3. The molecular weight excluding hydrogens is 255 g/mol. The van der Waals surface area contributed by atoms with Crippen LogP contribution in [0.3, 0.4) is 0 Å². The summed E-state index contributed by atoms with van der Waals surface area (Å²) in [5.74, 6) is 0.246. The third-order valence-corrected chi connectivity index (χ3v) is 3.02. The molecule has 0 atom stereocenters. The van der Waals surface area contributed by atoms with E-state index < -0.39 is 0 Å². The Morgan fingerprint density at radius 2 is 1.75 bits per heavy atom. The summed E-state index contributed by atoms with van der Waals surface area (Å²) in [6, 6.07) is 5.77. The van der Waals surface area contributed by atoms with E-state index in [0.29, 0.717) is 18.0 Å². The van der Waals surface area contributed by atoms with Gasteiger partial charge in [0.15, 0.2) is 5.78 Å². The number of hydrogen-bond donors (Lipinski definition) is 0. The monoisotopic (exact) mass is 280 g/mol. The van der Waals surface area contributed by atoms with Crippen molar-refractivity contribution in [3.63, 3.8) is 0 Å². The highest BCUT2D eigenvalue weighted by Gasteiger charge is 2.14. The van der Waals surface area contributed by atoms with Gasteiger partial charge >= 0.3 is 0 Å². The van der Waals surface area contributed by atoms with Gasteiger partial charge in [-0.05, 0) is 44.3 Å². The first-order chi connectivity index (χ1) is 9.38. The summed E-state index contributed by atoms with van der Waals surface area (Å²) in [5.41, 5.74) is 0.574. The van der Waals surface area contributed by atoms with Gasteiger partial charge in [0.2, 0.25) is 0 Å². The van der Waals surface area contributed by atoms with E-state index >= 15 is 0 Å². The lowest BCUT2D eigenvalue weighted by atomic mass is 10.1. The molecule has 0 bridgehead atoms. The molecule has 0 spiro atoms. The zero-order valence-electron chi connectivity index (χ0n) is 12.9. The van der Waals surface area contributed by atoms with Crippen LogP contribution in [0.2, 0.25) is 0 Å². The van der Waals surface area contributed by atoms with Crippen LogP contribution in [0, 0.1) is 11.7 Å². The normalized spacial score (nSPS) is 11.6. The first kappa shape index (κ1) is 16.8. The van der Waals surface area contributed by atoms with E-state index in [-0.39, 0.29) is 11.6 Å². The van der Waals surface area contributed by atoms with Gasteiger partial charge in [0, 0.05) is 25.2 Å². The molecule has 3 nitrogen and oxygen atoms in total. The number of likely N-dealkylation sites (N-methyl/N-ethyl adjacent to an activating group) is 1. The largest absolute Gasteiger partial charge is 0.308 e. The number of Topliss-reactive ketones (excluding diaryl/α,β-unsaturated/α-hetero) is 1. The topological polar surface area (TPSA) is 23.6 Å². The van der Waals surface area contributed by atoms with Crippen molar-refractivity contribution in [2.45, 2.75) is 13.8 Å². The number of hydrogen-bond acceptors (Lipinski definition) is 3. The number of halogens is 1. The highest BCUT2D eigenvalue weighted by atomic mass is 19.1. The Bertz CT molecular complexity index is 415. The van der Waals surface area contributed by atoms with E-state index in [1.165, 1.54) is 12.1 Å². The molecular formula is C16H25FN2O. The third kappa shape index (κ3) is 6.26. The average Bonchev–Trinajstić information content (AvgIpc) is 2.36. The number of carbonyl (C=O) groups is 1. The van der Waals surface area contributed by atoms with Crippen LogP contribution >= 0.6 is 0 Å². The van der Waals surface area contributed by atoms with Crippen molar-refractivity contribution in [1.29, 1.82) is 0 Å². The van der Waals surface area contributed by atoms with Crippen molar-refractivity contribution < 1.29 is 9.18 Å². The Morgan fingerprint density at radius 1 is 1.15 bits per heavy atom. The molecule has 1 aromatic carbocycles. The first-order valence-corrected chi connectivity index (χ1v) is 7.04. The van der Waals surface area contributed by atoms with Crippen LogP contribution in [0.5, 0.6) is 0 Å². The molecule has 0 heterocycles. The van der Waals surface area contributed by atoms with E-state index in [1.807, 2.05) is 14.1 Å². The second-order valence-corrected chi connectivity index (χ2v) is 5.86. The lowest BCUT2D eigenvalue weighted by Gasteiger charge is -2.25.